The van der Waals surface area contributed by atoms with Crippen LogP contribution in [-0.4, -0.2) is 12.5 Å². The average Bonchev–Trinajstić information content (AvgIpc) is 2.22. The summed E-state index contributed by atoms with van der Waals surface area (Å²) in [6, 6.07) is 4.67. The van der Waals surface area contributed by atoms with E-state index in [1.807, 2.05) is 13.0 Å². The molecule has 0 fully saturated rings. The first-order valence-corrected chi connectivity index (χ1v) is 5.90. The fourth-order valence-corrected chi connectivity index (χ4v) is 1.70. The van der Waals surface area contributed by atoms with Gasteiger partial charge in [-0.3, -0.25) is 0 Å². The summed E-state index contributed by atoms with van der Waals surface area (Å²) in [7, 11) is 0. The Morgan fingerprint density at radius 2 is 2.25 bits per heavy atom. The highest BCUT2D eigenvalue weighted by Gasteiger charge is 1.98. The van der Waals surface area contributed by atoms with E-state index in [4.69, 9.17) is 5.73 Å². The molecule has 16 heavy (non-hydrogen) atoms. The van der Waals surface area contributed by atoms with Crippen molar-refractivity contribution in [3.63, 3.8) is 0 Å². The molecule has 1 aromatic rings. The molecule has 0 aliphatic carbocycles. The van der Waals surface area contributed by atoms with Crippen LogP contribution in [0.25, 0.3) is 0 Å². The minimum absolute atomic E-state index is 0.278. The van der Waals surface area contributed by atoms with E-state index in [1.54, 1.807) is 0 Å². The molecular weight excluding hydrogens is 273 g/mol. The fraction of sp³-hybridized carbons (Fsp3) is 0.364. The number of hydrogen-bond donors (Lipinski definition) is 2. The van der Waals surface area contributed by atoms with Crippen LogP contribution in [0.15, 0.2) is 27.7 Å². The summed E-state index contributed by atoms with van der Waals surface area (Å²) in [6.45, 7) is 3.21. The van der Waals surface area contributed by atoms with Crippen molar-refractivity contribution in [1.82, 2.24) is 5.32 Å². The summed E-state index contributed by atoms with van der Waals surface area (Å²) in [6.07, 6.45) is 0.988. The maximum atomic E-state index is 13.0. The van der Waals surface area contributed by atoms with Crippen molar-refractivity contribution >= 4 is 21.9 Å². The van der Waals surface area contributed by atoms with Crippen molar-refractivity contribution in [2.45, 2.75) is 19.9 Å². The van der Waals surface area contributed by atoms with Crippen LogP contribution >= 0.6 is 15.9 Å². The molecule has 3 N–H and O–H groups in total. The van der Waals surface area contributed by atoms with Gasteiger partial charge in [0, 0.05) is 11.0 Å². The van der Waals surface area contributed by atoms with Gasteiger partial charge in [0.15, 0.2) is 5.96 Å². The minimum atomic E-state index is -0.278. The highest BCUT2D eigenvalue weighted by Crippen LogP contribution is 2.15. The van der Waals surface area contributed by atoms with Gasteiger partial charge in [0.25, 0.3) is 0 Å². The second-order valence-corrected chi connectivity index (χ2v) is 4.32. The van der Waals surface area contributed by atoms with Gasteiger partial charge in [-0.2, -0.15) is 0 Å². The van der Waals surface area contributed by atoms with Gasteiger partial charge in [0.05, 0.1) is 6.54 Å². The third-order valence-corrected chi connectivity index (χ3v) is 2.37. The van der Waals surface area contributed by atoms with Crippen molar-refractivity contribution in [2.75, 3.05) is 6.54 Å². The second-order valence-electron chi connectivity index (χ2n) is 3.41. The molecule has 0 heterocycles. The van der Waals surface area contributed by atoms with Crippen LogP contribution in [0.2, 0.25) is 0 Å². The molecule has 0 radical (unpaired) electrons. The van der Waals surface area contributed by atoms with E-state index < -0.39 is 0 Å². The number of guanidine groups is 1. The molecule has 0 saturated heterocycles. The third-order valence-electron chi connectivity index (χ3n) is 1.91. The summed E-state index contributed by atoms with van der Waals surface area (Å²) in [5.41, 5.74) is 6.40. The van der Waals surface area contributed by atoms with Crippen molar-refractivity contribution in [3.8, 4) is 0 Å². The number of benzene rings is 1. The van der Waals surface area contributed by atoms with E-state index in [9.17, 15) is 4.39 Å². The van der Waals surface area contributed by atoms with Gasteiger partial charge in [0.1, 0.15) is 5.82 Å². The number of nitrogens with two attached hydrogens (primary N) is 1. The summed E-state index contributed by atoms with van der Waals surface area (Å²) < 4.78 is 13.7. The number of rotatable bonds is 4. The van der Waals surface area contributed by atoms with E-state index in [2.05, 4.69) is 26.2 Å². The standard InChI is InChI=1S/C11H15BrFN3/c1-2-3-15-11(14)16-7-8-4-9(12)6-10(13)5-8/h4-6H,2-3,7H2,1H3,(H3,14,15,16). The van der Waals surface area contributed by atoms with Crippen LogP contribution in [0, 0.1) is 5.82 Å². The Kier molecular flexibility index (Phi) is 5.25. The third kappa shape index (κ3) is 4.61. The van der Waals surface area contributed by atoms with Crippen LogP contribution in [0.3, 0.4) is 0 Å². The van der Waals surface area contributed by atoms with Crippen molar-refractivity contribution in [2.24, 2.45) is 10.7 Å². The fourth-order valence-electron chi connectivity index (χ4n) is 1.19. The van der Waals surface area contributed by atoms with E-state index in [1.165, 1.54) is 12.1 Å². The molecule has 0 spiro atoms. The molecule has 0 bridgehead atoms. The van der Waals surface area contributed by atoms with Crippen LogP contribution in [0.4, 0.5) is 4.39 Å². The van der Waals surface area contributed by atoms with Gasteiger partial charge >= 0.3 is 0 Å². The molecule has 0 aliphatic heterocycles. The lowest BCUT2D eigenvalue weighted by Gasteiger charge is -2.04. The van der Waals surface area contributed by atoms with E-state index in [0.717, 1.165) is 18.5 Å². The van der Waals surface area contributed by atoms with Gasteiger partial charge < -0.3 is 11.1 Å². The first-order valence-electron chi connectivity index (χ1n) is 5.10. The van der Waals surface area contributed by atoms with Crippen molar-refractivity contribution in [1.29, 1.82) is 0 Å². The highest BCUT2D eigenvalue weighted by atomic mass is 79.9. The zero-order chi connectivity index (χ0) is 12.0. The van der Waals surface area contributed by atoms with E-state index in [0.29, 0.717) is 17.0 Å². The number of nitrogens with one attached hydrogen (secondary N) is 1. The number of nitrogens with zero attached hydrogens (tertiary/aromatic N) is 1. The van der Waals surface area contributed by atoms with Crippen LogP contribution in [0.5, 0.6) is 0 Å². The van der Waals surface area contributed by atoms with Crippen LogP contribution in [0.1, 0.15) is 18.9 Å². The monoisotopic (exact) mass is 287 g/mol. The molecule has 3 nitrogen and oxygen atoms in total. The largest absolute Gasteiger partial charge is 0.370 e. The van der Waals surface area contributed by atoms with E-state index in [-0.39, 0.29) is 5.82 Å². The molecule has 0 aliphatic rings. The summed E-state index contributed by atoms with van der Waals surface area (Å²) in [5, 5.41) is 2.95. The average molecular weight is 288 g/mol. The second kappa shape index (κ2) is 6.48. The molecule has 0 unspecified atom stereocenters. The Hall–Kier alpha value is -1.10. The first kappa shape index (κ1) is 13.0. The van der Waals surface area contributed by atoms with Crippen LogP contribution < -0.4 is 11.1 Å². The quantitative estimate of drug-likeness (QED) is 0.660. The maximum Gasteiger partial charge on any atom is 0.188 e. The van der Waals surface area contributed by atoms with Crippen LogP contribution in [-0.2, 0) is 6.54 Å². The normalized spacial score (nSPS) is 11.6. The Labute approximate surface area is 103 Å². The molecule has 0 atom stereocenters. The van der Waals surface area contributed by atoms with Gasteiger partial charge in [-0.1, -0.05) is 22.9 Å². The summed E-state index contributed by atoms with van der Waals surface area (Å²) in [5.74, 6) is 0.113. The zero-order valence-electron chi connectivity index (χ0n) is 9.13. The SMILES string of the molecule is CCCNC(N)=NCc1cc(F)cc(Br)c1. The lowest BCUT2D eigenvalue weighted by molar-refractivity contribution is 0.624. The number of halogens is 2. The topological polar surface area (TPSA) is 50.4 Å². The zero-order valence-corrected chi connectivity index (χ0v) is 10.7. The Morgan fingerprint density at radius 1 is 1.50 bits per heavy atom. The number of aliphatic imine (C=N–C) groups is 1. The first-order chi connectivity index (χ1) is 7.61. The van der Waals surface area contributed by atoms with Crippen molar-refractivity contribution in [3.05, 3.63) is 34.1 Å². The Balaban J connectivity index is 2.59. The van der Waals surface area contributed by atoms with Crippen molar-refractivity contribution < 1.29 is 4.39 Å². The molecule has 5 heteroatoms. The Morgan fingerprint density at radius 3 is 2.88 bits per heavy atom. The Bertz CT molecular complexity index is 359. The lowest BCUT2D eigenvalue weighted by Crippen LogP contribution is -2.32. The highest BCUT2D eigenvalue weighted by molar-refractivity contribution is 9.10. The summed E-state index contributed by atoms with van der Waals surface area (Å²) >= 11 is 3.23. The smallest absolute Gasteiger partial charge is 0.188 e. The predicted molar refractivity (Wildman–Crippen MR) is 67.7 cm³/mol. The molecule has 1 rings (SSSR count). The number of hydrogen-bond acceptors (Lipinski definition) is 1. The molecule has 88 valence electrons. The molecule has 0 saturated carbocycles. The van der Waals surface area contributed by atoms with Gasteiger partial charge in [0.2, 0.25) is 0 Å². The molecule has 0 aromatic heterocycles. The van der Waals surface area contributed by atoms with Gasteiger partial charge in [-0.15, -0.1) is 0 Å². The van der Waals surface area contributed by atoms with E-state index >= 15 is 0 Å². The minimum Gasteiger partial charge on any atom is -0.370 e. The molecular formula is C11H15BrFN3. The maximum absolute atomic E-state index is 13.0. The summed E-state index contributed by atoms with van der Waals surface area (Å²) in [4.78, 5) is 4.11. The molecule has 1 aromatic carbocycles. The van der Waals surface area contributed by atoms with Gasteiger partial charge in [-0.05, 0) is 30.2 Å². The van der Waals surface area contributed by atoms with Gasteiger partial charge in [-0.25, -0.2) is 9.38 Å². The predicted octanol–water partition coefficient (Wildman–Crippen LogP) is 2.40. The lowest BCUT2D eigenvalue weighted by atomic mass is 10.2. The molecule has 0 amide bonds.